The van der Waals surface area contributed by atoms with Gasteiger partial charge in [-0.15, -0.1) is 0 Å². The summed E-state index contributed by atoms with van der Waals surface area (Å²) >= 11 is 0. The normalized spacial score (nSPS) is 33.0. The largest absolute Gasteiger partial charge is 0.311 e. The number of nitrogens with zero attached hydrogens (tertiary/aromatic N) is 1. The van der Waals surface area contributed by atoms with Gasteiger partial charge in [-0.1, -0.05) is 33.1 Å². The monoisotopic (exact) mass is 224 g/mol. The van der Waals surface area contributed by atoms with Crippen molar-refractivity contribution in [1.82, 2.24) is 10.2 Å². The van der Waals surface area contributed by atoms with E-state index in [1.165, 1.54) is 45.3 Å². The van der Waals surface area contributed by atoms with Gasteiger partial charge in [0.15, 0.2) is 0 Å². The van der Waals surface area contributed by atoms with Gasteiger partial charge in [0, 0.05) is 25.2 Å². The highest BCUT2D eigenvalue weighted by Crippen LogP contribution is 2.30. The summed E-state index contributed by atoms with van der Waals surface area (Å²) in [4.78, 5) is 2.74. The highest BCUT2D eigenvalue weighted by molar-refractivity contribution is 4.86. The molecular formula is C14H28N2. The quantitative estimate of drug-likeness (QED) is 0.789. The summed E-state index contributed by atoms with van der Waals surface area (Å²) in [5.41, 5.74) is 0. The van der Waals surface area contributed by atoms with E-state index in [0.717, 1.165) is 17.9 Å². The molecule has 0 bridgehead atoms. The lowest BCUT2D eigenvalue weighted by Gasteiger charge is -2.42. The Labute approximate surface area is 101 Å². The molecule has 1 N–H and O–H groups in total. The minimum atomic E-state index is 0.677. The van der Waals surface area contributed by atoms with Crippen LogP contribution in [-0.4, -0.2) is 36.6 Å². The topological polar surface area (TPSA) is 15.3 Å². The van der Waals surface area contributed by atoms with E-state index < -0.39 is 0 Å². The van der Waals surface area contributed by atoms with E-state index in [-0.39, 0.29) is 0 Å². The molecular weight excluding hydrogens is 196 g/mol. The van der Waals surface area contributed by atoms with Crippen molar-refractivity contribution in [2.75, 3.05) is 19.6 Å². The van der Waals surface area contributed by atoms with Crippen molar-refractivity contribution in [3.63, 3.8) is 0 Å². The molecule has 2 atom stereocenters. The van der Waals surface area contributed by atoms with Crippen molar-refractivity contribution in [3.05, 3.63) is 0 Å². The van der Waals surface area contributed by atoms with Crippen LogP contribution in [0.25, 0.3) is 0 Å². The van der Waals surface area contributed by atoms with Crippen molar-refractivity contribution in [3.8, 4) is 0 Å². The fourth-order valence-electron chi connectivity index (χ4n) is 3.05. The molecule has 2 unspecified atom stereocenters. The second-order valence-electron chi connectivity index (χ2n) is 6.20. The molecule has 2 rings (SSSR count). The van der Waals surface area contributed by atoms with E-state index in [9.17, 15) is 0 Å². The van der Waals surface area contributed by atoms with E-state index in [1.54, 1.807) is 0 Å². The smallest absolute Gasteiger partial charge is 0.0244 e. The lowest BCUT2D eigenvalue weighted by atomic mass is 9.82. The molecule has 0 aromatic heterocycles. The van der Waals surface area contributed by atoms with Gasteiger partial charge in [0.25, 0.3) is 0 Å². The Morgan fingerprint density at radius 1 is 1.31 bits per heavy atom. The molecule has 94 valence electrons. The number of hydrogen-bond donors (Lipinski definition) is 1. The summed E-state index contributed by atoms with van der Waals surface area (Å²) in [6.07, 6.45) is 5.91. The van der Waals surface area contributed by atoms with Crippen LogP contribution in [0.4, 0.5) is 0 Å². The third-order valence-corrected chi connectivity index (χ3v) is 4.47. The summed E-state index contributed by atoms with van der Waals surface area (Å²) in [7, 11) is 0. The molecule has 1 heterocycles. The second-order valence-corrected chi connectivity index (χ2v) is 6.20. The summed E-state index contributed by atoms with van der Waals surface area (Å²) in [5.74, 6) is 1.83. The highest BCUT2D eigenvalue weighted by Gasteiger charge is 2.28. The molecule has 16 heavy (non-hydrogen) atoms. The number of hydrogen-bond acceptors (Lipinski definition) is 2. The van der Waals surface area contributed by atoms with Gasteiger partial charge in [0.05, 0.1) is 0 Å². The first-order valence-corrected chi connectivity index (χ1v) is 7.14. The molecule has 0 spiro atoms. The van der Waals surface area contributed by atoms with Gasteiger partial charge >= 0.3 is 0 Å². The highest BCUT2D eigenvalue weighted by atomic mass is 15.2. The number of piperazine rings is 1. The fourth-order valence-corrected chi connectivity index (χ4v) is 3.05. The van der Waals surface area contributed by atoms with Crippen LogP contribution in [0.1, 0.15) is 46.5 Å². The first-order valence-electron chi connectivity index (χ1n) is 7.14. The predicted octanol–water partition coefficient (Wildman–Crippen LogP) is 2.49. The third kappa shape index (κ3) is 2.98. The van der Waals surface area contributed by atoms with Gasteiger partial charge in [0.2, 0.25) is 0 Å². The van der Waals surface area contributed by atoms with Gasteiger partial charge < -0.3 is 5.32 Å². The van der Waals surface area contributed by atoms with Crippen molar-refractivity contribution >= 4 is 0 Å². The molecule has 2 heteroatoms. The Bertz CT molecular complexity index is 211. The van der Waals surface area contributed by atoms with Gasteiger partial charge in [0.1, 0.15) is 0 Å². The fraction of sp³-hybridized carbons (Fsp3) is 1.00. The van der Waals surface area contributed by atoms with E-state index in [1.807, 2.05) is 0 Å². The minimum Gasteiger partial charge on any atom is -0.311 e. The van der Waals surface area contributed by atoms with Crippen LogP contribution in [0.3, 0.4) is 0 Å². The van der Waals surface area contributed by atoms with Crippen LogP contribution in [-0.2, 0) is 0 Å². The zero-order valence-electron chi connectivity index (χ0n) is 11.2. The average molecular weight is 224 g/mol. The van der Waals surface area contributed by atoms with Crippen LogP contribution < -0.4 is 5.32 Å². The molecule has 1 saturated carbocycles. The van der Waals surface area contributed by atoms with Crippen LogP contribution >= 0.6 is 0 Å². The summed E-state index contributed by atoms with van der Waals surface area (Å²) in [5, 5.41) is 3.62. The van der Waals surface area contributed by atoms with Crippen molar-refractivity contribution in [2.45, 2.75) is 58.5 Å². The van der Waals surface area contributed by atoms with E-state index in [4.69, 9.17) is 0 Å². The molecule has 1 aliphatic heterocycles. The molecule has 0 aromatic carbocycles. The molecule has 2 fully saturated rings. The maximum absolute atomic E-state index is 3.62. The van der Waals surface area contributed by atoms with Gasteiger partial charge in [-0.3, -0.25) is 4.90 Å². The third-order valence-electron chi connectivity index (χ3n) is 4.47. The Morgan fingerprint density at radius 3 is 2.62 bits per heavy atom. The maximum atomic E-state index is 3.62. The average Bonchev–Trinajstić information content (AvgIpc) is 2.14. The molecule has 2 aliphatic rings. The van der Waals surface area contributed by atoms with Crippen LogP contribution in [0, 0.1) is 11.8 Å². The lowest BCUT2D eigenvalue weighted by molar-refractivity contribution is 0.0898. The predicted molar refractivity (Wildman–Crippen MR) is 69.6 cm³/mol. The minimum absolute atomic E-state index is 0.677. The first-order chi connectivity index (χ1) is 7.66. The second kappa shape index (κ2) is 5.50. The van der Waals surface area contributed by atoms with Crippen molar-refractivity contribution in [2.24, 2.45) is 11.8 Å². The molecule has 1 aliphatic carbocycles. The lowest BCUT2D eigenvalue weighted by Crippen LogP contribution is -2.57. The Hall–Kier alpha value is -0.0800. The molecule has 0 amide bonds. The van der Waals surface area contributed by atoms with E-state index >= 15 is 0 Å². The van der Waals surface area contributed by atoms with Crippen LogP contribution in [0.15, 0.2) is 0 Å². The van der Waals surface area contributed by atoms with Crippen molar-refractivity contribution in [1.29, 1.82) is 0 Å². The van der Waals surface area contributed by atoms with Gasteiger partial charge in [-0.05, 0) is 31.7 Å². The summed E-state index contributed by atoms with van der Waals surface area (Å²) < 4.78 is 0. The summed E-state index contributed by atoms with van der Waals surface area (Å²) in [6.45, 7) is 10.8. The molecule has 2 nitrogen and oxygen atoms in total. The first kappa shape index (κ1) is 12.4. The van der Waals surface area contributed by atoms with Crippen LogP contribution in [0.2, 0.25) is 0 Å². The van der Waals surface area contributed by atoms with Gasteiger partial charge in [-0.25, -0.2) is 0 Å². The summed E-state index contributed by atoms with van der Waals surface area (Å²) in [6, 6.07) is 1.44. The SMILES string of the molecule is CC1CN(CCC2CCC2)C(C(C)C)CN1. The van der Waals surface area contributed by atoms with E-state index in [2.05, 4.69) is 31.0 Å². The number of nitrogens with one attached hydrogen (secondary N) is 1. The molecule has 0 aromatic rings. The standard InChI is InChI=1S/C14H28N2/c1-11(2)14-9-15-12(3)10-16(14)8-7-13-5-4-6-13/h11-15H,4-10H2,1-3H3. The Balaban J connectivity index is 1.81. The Morgan fingerprint density at radius 2 is 2.06 bits per heavy atom. The van der Waals surface area contributed by atoms with E-state index in [0.29, 0.717) is 6.04 Å². The molecule has 0 radical (unpaired) electrons. The van der Waals surface area contributed by atoms with Crippen LogP contribution in [0.5, 0.6) is 0 Å². The molecule has 1 saturated heterocycles. The number of rotatable bonds is 4. The zero-order valence-corrected chi connectivity index (χ0v) is 11.2. The van der Waals surface area contributed by atoms with Gasteiger partial charge in [-0.2, -0.15) is 0 Å². The zero-order chi connectivity index (χ0) is 11.5. The van der Waals surface area contributed by atoms with Crippen molar-refractivity contribution < 1.29 is 0 Å². The maximum Gasteiger partial charge on any atom is 0.0244 e. The Kier molecular flexibility index (Phi) is 4.26.